The highest BCUT2D eigenvalue weighted by Gasteiger charge is 2.46. The first-order valence-corrected chi connectivity index (χ1v) is 12.1. The Morgan fingerprint density at radius 3 is 2.66 bits per heavy atom. The maximum absolute atomic E-state index is 12.9. The second-order valence-electron chi connectivity index (χ2n) is 8.43. The van der Waals surface area contributed by atoms with E-state index in [-0.39, 0.29) is 16.4 Å². The molecule has 1 aliphatic carbocycles. The molecule has 0 bridgehead atoms. The van der Waals surface area contributed by atoms with Gasteiger partial charge in [-0.15, -0.1) is 0 Å². The van der Waals surface area contributed by atoms with E-state index in [1.54, 1.807) is 12.1 Å². The highest BCUT2D eigenvalue weighted by Crippen LogP contribution is 2.49. The summed E-state index contributed by atoms with van der Waals surface area (Å²) in [5.41, 5.74) is 3.05. The highest BCUT2D eigenvalue weighted by molar-refractivity contribution is 7.87. The second kappa shape index (κ2) is 7.74. The molecule has 1 atom stereocenters. The molecule has 1 aliphatic heterocycles. The summed E-state index contributed by atoms with van der Waals surface area (Å²) in [7, 11) is -4.19. The third-order valence-electron chi connectivity index (χ3n) is 6.37. The number of fused-ring (bicyclic) bond motifs is 3. The standard InChI is InChI=1S/C25H23NO5S/c1-17-9-11-18(12-10-17)32(28,29)31-24-21(27)13-15-30-22(24)16-25-14-5-4-8-23(25)26-20-7-3-2-6-19(20)25/h2-3,6-7,9-13,15H,4-5,8,14,16H2,1H3. The topological polar surface area (TPSA) is 85.9 Å². The normalized spacial score (nSPS) is 19.7. The first-order chi connectivity index (χ1) is 15.4. The van der Waals surface area contributed by atoms with Gasteiger partial charge in [-0.1, -0.05) is 42.3 Å². The van der Waals surface area contributed by atoms with Crippen LogP contribution >= 0.6 is 0 Å². The fourth-order valence-corrected chi connectivity index (χ4v) is 5.71. The first kappa shape index (κ1) is 20.7. The minimum atomic E-state index is -4.19. The van der Waals surface area contributed by atoms with Crippen LogP contribution in [0.4, 0.5) is 5.69 Å². The van der Waals surface area contributed by atoms with Crippen LogP contribution < -0.4 is 9.61 Å². The fraction of sp³-hybridized carbons (Fsp3) is 0.280. The number of benzene rings is 2. The lowest BCUT2D eigenvalue weighted by molar-refractivity contribution is 0.379. The van der Waals surface area contributed by atoms with Crippen molar-refractivity contribution >= 4 is 21.5 Å². The van der Waals surface area contributed by atoms with Gasteiger partial charge in [-0.05, 0) is 49.9 Å². The molecule has 3 aromatic rings. The number of hydrogen-bond acceptors (Lipinski definition) is 6. The van der Waals surface area contributed by atoms with Crippen molar-refractivity contribution in [2.24, 2.45) is 4.99 Å². The van der Waals surface area contributed by atoms with Crippen molar-refractivity contribution in [2.45, 2.75) is 49.3 Å². The van der Waals surface area contributed by atoms with Crippen LogP contribution in [0, 0.1) is 6.92 Å². The van der Waals surface area contributed by atoms with Gasteiger partial charge in [-0.2, -0.15) is 8.42 Å². The van der Waals surface area contributed by atoms with Gasteiger partial charge in [0, 0.05) is 23.6 Å². The van der Waals surface area contributed by atoms with E-state index < -0.39 is 21.0 Å². The summed E-state index contributed by atoms with van der Waals surface area (Å²) in [5.74, 6) is -0.0590. The summed E-state index contributed by atoms with van der Waals surface area (Å²) in [6.45, 7) is 1.86. The van der Waals surface area contributed by atoms with E-state index in [2.05, 4.69) is 6.07 Å². The molecule has 0 saturated heterocycles. The van der Waals surface area contributed by atoms with E-state index in [4.69, 9.17) is 13.6 Å². The molecule has 0 spiro atoms. The van der Waals surface area contributed by atoms with E-state index in [1.807, 2.05) is 25.1 Å². The van der Waals surface area contributed by atoms with Crippen LogP contribution in [0.15, 0.2) is 80.0 Å². The van der Waals surface area contributed by atoms with Crippen LogP contribution in [0.2, 0.25) is 0 Å². The molecule has 164 valence electrons. The molecule has 2 heterocycles. The number of para-hydroxylation sites is 1. The largest absolute Gasteiger partial charge is 0.465 e. The average Bonchev–Trinajstić information content (AvgIpc) is 3.11. The number of nitrogens with zero attached hydrogens (tertiary/aromatic N) is 1. The van der Waals surface area contributed by atoms with Crippen LogP contribution in [-0.4, -0.2) is 14.1 Å². The number of aryl methyl sites for hydroxylation is 1. The van der Waals surface area contributed by atoms with Crippen molar-refractivity contribution in [3.63, 3.8) is 0 Å². The molecule has 1 unspecified atom stereocenters. The van der Waals surface area contributed by atoms with Gasteiger partial charge in [-0.3, -0.25) is 9.79 Å². The summed E-state index contributed by atoms with van der Waals surface area (Å²) < 4.78 is 36.9. The zero-order chi connectivity index (χ0) is 22.3. The Morgan fingerprint density at radius 1 is 1.06 bits per heavy atom. The summed E-state index contributed by atoms with van der Waals surface area (Å²) in [6.07, 6.45) is 5.40. The molecule has 7 heteroatoms. The quantitative estimate of drug-likeness (QED) is 0.520. The summed E-state index contributed by atoms with van der Waals surface area (Å²) >= 11 is 0. The van der Waals surface area contributed by atoms with Crippen molar-refractivity contribution in [1.82, 2.24) is 0 Å². The average molecular weight is 450 g/mol. The van der Waals surface area contributed by atoms with Gasteiger partial charge >= 0.3 is 10.1 Å². The number of aliphatic imine (C=N–C) groups is 1. The molecule has 0 amide bonds. The molecule has 2 aromatic carbocycles. The van der Waals surface area contributed by atoms with E-state index in [9.17, 15) is 13.2 Å². The van der Waals surface area contributed by atoms with Gasteiger partial charge < -0.3 is 8.60 Å². The maximum Gasteiger partial charge on any atom is 0.339 e. The molecule has 0 radical (unpaired) electrons. The molecule has 1 fully saturated rings. The van der Waals surface area contributed by atoms with Crippen molar-refractivity contribution in [3.8, 4) is 5.75 Å². The van der Waals surface area contributed by atoms with Gasteiger partial charge in [0.1, 0.15) is 4.90 Å². The lowest BCUT2D eigenvalue weighted by atomic mass is 9.66. The predicted octanol–water partition coefficient (Wildman–Crippen LogP) is 4.86. The minimum absolute atomic E-state index is 0.0124. The van der Waals surface area contributed by atoms with Crippen LogP contribution in [0.3, 0.4) is 0 Å². The smallest absolute Gasteiger partial charge is 0.339 e. The Balaban J connectivity index is 1.56. The summed E-state index contributed by atoms with van der Waals surface area (Å²) in [4.78, 5) is 17.6. The lowest BCUT2D eigenvalue weighted by Crippen LogP contribution is -2.38. The van der Waals surface area contributed by atoms with Crippen molar-refractivity contribution in [2.75, 3.05) is 0 Å². The van der Waals surface area contributed by atoms with Crippen LogP contribution in [0.1, 0.15) is 42.6 Å². The van der Waals surface area contributed by atoms with Crippen molar-refractivity contribution in [1.29, 1.82) is 0 Å². The highest BCUT2D eigenvalue weighted by atomic mass is 32.2. The van der Waals surface area contributed by atoms with E-state index >= 15 is 0 Å². The third-order valence-corrected chi connectivity index (χ3v) is 7.60. The Bertz CT molecular complexity index is 1370. The molecule has 6 nitrogen and oxygen atoms in total. The van der Waals surface area contributed by atoms with Gasteiger partial charge in [0.15, 0.2) is 5.76 Å². The van der Waals surface area contributed by atoms with E-state index in [0.717, 1.165) is 48.2 Å². The number of rotatable bonds is 5. The van der Waals surface area contributed by atoms with Gasteiger partial charge in [-0.25, -0.2) is 0 Å². The van der Waals surface area contributed by atoms with Gasteiger partial charge in [0.25, 0.3) is 0 Å². The van der Waals surface area contributed by atoms with Gasteiger partial charge in [0.05, 0.1) is 12.0 Å². The van der Waals surface area contributed by atoms with Crippen LogP contribution in [0.25, 0.3) is 0 Å². The molecule has 5 rings (SSSR count). The third kappa shape index (κ3) is 3.46. The van der Waals surface area contributed by atoms with Crippen LogP contribution in [0.5, 0.6) is 5.75 Å². The maximum atomic E-state index is 12.9. The van der Waals surface area contributed by atoms with Crippen molar-refractivity contribution < 1.29 is 17.0 Å². The van der Waals surface area contributed by atoms with Crippen LogP contribution in [-0.2, 0) is 22.0 Å². The SMILES string of the molecule is Cc1ccc(S(=O)(=O)Oc2c(CC34CCCCC3=Nc3ccccc34)occc2=O)cc1. The molecular weight excluding hydrogens is 426 g/mol. The molecule has 2 aliphatic rings. The molecule has 32 heavy (non-hydrogen) atoms. The molecule has 1 aromatic heterocycles. The monoisotopic (exact) mass is 449 g/mol. The van der Waals surface area contributed by atoms with E-state index in [1.165, 1.54) is 24.5 Å². The second-order valence-corrected chi connectivity index (χ2v) is 9.98. The fourth-order valence-electron chi connectivity index (χ4n) is 4.75. The summed E-state index contributed by atoms with van der Waals surface area (Å²) in [6, 6.07) is 15.5. The Labute approximate surface area is 186 Å². The first-order valence-electron chi connectivity index (χ1n) is 10.7. The zero-order valence-electron chi connectivity index (χ0n) is 17.7. The van der Waals surface area contributed by atoms with Crippen molar-refractivity contribution in [3.05, 3.63) is 88.0 Å². The van der Waals surface area contributed by atoms with E-state index in [0.29, 0.717) is 6.42 Å². The lowest BCUT2D eigenvalue weighted by Gasteiger charge is -2.35. The Kier molecular flexibility index (Phi) is 5.01. The molecule has 0 N–H and O–H groups in total. The molecular formula is C25H23NO5S. The Hall–Kier alpha value is -3.19. The Morgan fingerprint density at radius 2 is 1.84 bits per heavy atom. The number of hydrogen-bond donors (Lipinski definition) is 0. The molecule has 1 saturated carbocycles. The predicted molar refractivity (Wildman–Crippen MR) is 121 cm³/mol. The zero-order valence-corrected chi connectivity index (χ0v) is 18.5. The minimum Gasteiger partial charge on any atom is -0.465 e. The summed E-state index contributed by atoms with van der Waals surface area (Å²) in [5, 5.41) is 0. The van der Waals surface area contributed by atoms with Gasteiger partial charge in [0.2, 0.25) is 11.2 Å².